The molecule has 0 unspecified atom stereocenters. The molecule has 1 aliphatic carbocycles. The number of amides is 1. The Morgan fingerprint density at radius 3 is 2.38 bits per heavy atom. The van der Waals surface area contributed by atoms with E-state index in [2.05, 4.69) is 15.5 Å². The molecule has 0 radical (unpaired) electrons. The third-order valence-corrected chi connectivity index (χ3v) is 4.19. The molecule has 0 saturated heterocycles. The molecule has 1 aromatic carbocycles. The van der Waals surface area contributed by atoms with E-state index in [0.29, 0.717) is 28.6 Å². The van der Waals surface area contributed by atoms with Crippen molar-refractivity contribution >= 4 is 11.6 Å². The number of aromatic nitrogens is 2. The molecular formula is C17H21N3O4. The number of fused-ring (bicyclic) bond motifs is 1. The van der Waals surface area contributed by atoms with E-state index in [9.17, 15) is 4.79 Å². The second kappa shape index (κ2) is 6.82. The number of anilines is 1. The SMILES string of the molecule is COc1cc(NC(=O)c2n[nH]c3c2CCCC3)cc(OC)c1OC. The van der Waals surface area contributed by atoms with Crippen LogP contribution in [0.2, 0.25) is 0 Å². The highest BCUT2D eigenvalue weighted by molar-refractivity contribution is 6.04. The number of nitrogens with zero attached hydrogens (tertiary/aromatic N) is 1. The Hall–Kier alpha value is -2.70. The lowest BCUT2D eigenvalue weighted by Crippen LogP contribution is -2.16. The first kappa shape index (κ1) is 16.2. The Morgan fingerprint density at radius 1 is 1.08 bits per heavy atom. The molecule has 1 aromatic heterocycles. The first-order valence-corrected chi connectivity index (χ1v) is 7.85. The molecule has 0 fully saturated rings. The highest BCUT2D eigenvalue weighted by atomic mass is 16.5. The fourth-order valence-electron chi connectivity index (χ4n) is 3.01. The molecule has 3 rings (SSSR count). The summed E-state index contributed by atoms with van der Waals surface area (Å²) in [5, 5.41) is 10.0. The Labute approximate surface area is 140 Å². The van der Waals surface area contributed by atoms with Gasteiger partial charge in [-0.2, -0.15) is 5.10 Å². The fourth-order valence-corrected chi connectivity index (χ4v) is 3.01. The number of hydrogen-bond donors (Lipinski definition) is 2. The summed E-state index contributed by atoms with van der Waals surface area (Å²) in [7, 11) is 4.61. The predicted molar refractivity (Wildman–Crippen MR) is 89.3 cm³/mol. The maximum Gasteiger partial charge on any atom is 0.276 e. The van der Waals surface area contributed by atoms with Crippen LogP contribution in [0.1, 0.15) is 34.6 Å². The second-order valence-electron chi connectivity index (χ2n) is 5.60. The maximum absolute atomic E-state index is 12.6. The molecule has 128 valence electrons. The van der Waals surface area contributed by atoms with Gasteiger partial charge in [-0.05, 0) is 25.7 Å². The van der Waals surface area contributed by atoms with Crippen LogP contribution in [0.25, 0.3) is 0 Å². The van der Waals surface area contributed by atoms with Crippen LogP contribution in [0, 0.1) is 0 Å². The number of H-pyrrole nitrogens is 1. The summed E-state index contributed by atoms with van der Waals surface area (Å²) < 4.78 is 15.9. The van der Waals surface area contributed by atoms with Crippen molar-refractivity contribution in [1.82, 2.24) is 10.2 Å². The first-order chi connectivity index (χ1) is 11.7. The zero-order valence-electron chi connectivity index (χ0n) is 14.1. The summed E-state index contributed by atoms with van der Waals surface area (Å²) in [6.07, 6.45) is 4.03. The Bertz CT molecular complexity index is 729. The van der Waals surface area contributed by atoms with Crippen LogP contribution in [0.15, 0.2) is 12.1 Å². The average Bonchev–Trinajstić information content (AvgIpc) is 3.05. The summed E-state index contributed by atoms with van der Waals surface area (Å²) in [5.41, 5.74) is 3.10. The maximum atomic E-state index is 12.6. The molecule has 0 bridgehead atoms. The fraction of sp³-hybridized carbons (Fsp3) is 0.412. The lowest BCUT2D eigenvalue weighted by molar-refractivity contribution is 0.102. The third-order valence-electron chi connectivity index (χ3n) is 4.19. The Kier molecular flexibility index (Phi) is 4.59. The van der Waals surface area contributed by atoms with E-state index in [1.54, 1.807) is 12.1 Å². The van der Waals surface area contributed by atoms with Gasteiger partial charge in [-0.1, -0.05) is 0 Å². The van der Waals surface area contributed by atoms with Crippen molar-refractivity contribution in [2.24, 2.45) is 0 Å². The average molecular weight is 331 g/mol. The lowest BCUT2D eigenvalue weighted by atomic mass is 9.96. The second-order valence-corrected chi connectivity index (χ2v) is 5.60. The summed E-state index contributed by atoms with van der Waals surface area (Å²) >= 11 is 0. The number of aromatic amines is 1. The number of carbonyl (C=O) groups excluding carboxylic acids is 1. The van der Waals surface area contributed by atoms with Crippen LogP contribution in [0.3, 0.4) is 0 Å². The Balaban J connectivity index is 1.88. The third kappa shape index (κ3) is 2.89. The van der Waals surface area contributed by atoms with Gasteiger partial charge < -0.3 is 19.5 Å². The number of aryl methyl sites for hydroxylation is 1. The molecule has 2 aromatic rings. The molecule has 2 N–H and O–H groups in total. The standard InChI is InChI=1S/C17H21N3O4/c1-22-13-8-10(9-14(23-2)16(13)24-3)18-17(21)15-11-6-4-5-7-12(11)19-20-15/h8-9H,4-7H2,1-3H3,(H,18,21)(H,19,20). The van der Waals surface area contributed by atoms with Gasteiger partial charge in [-0.25, -0.2) is 0 Å². The van der Waals surface area contributed by atoms with Crippen molar-refractivity contribution in [1.29, 1.82) is 0 Å². The molecule has 0 aliphatic heterocycles. The topological polar surface area (TPSA) is 85.5 Å². The molecule has 1 heterocycles. The van der Waals surface area contributed by atoms with Crippen LogP contribution in [0.4, 0.5) is 5.69 Å². The molecule has 7 heteroatoms. The number of hydrogen-bond acceptors (Lipinski definition) is 5. The number of methoxy groups -OCH3 is 3. The smallest absolute Gasteiger partial charge is 0.276 e. The molecule has 24 heavy (non-hydrogen) atoms. The zero-order chi connectivity index (χ0) is 17.1. The van der Waals surface area contributed by atoms with Crippen LogP contribution < -0.4 is 19.5 Å². The largest absolute Gasteiger partial charge is 0.493 e. The molecule has 0 atom stereocenters. The quantitative estimate of drug-likeness (QED) is 0.879. The van der Waals surface area contributed by atoms with Gasteiger partial charge in [-0.3, -0.25) is 9.89 Å². The van der Waals surface area contributed by atoms with Crippen LogP contribution in [0.5, 0.6) is 17.2 Å². The van der Waals surface area contributed by atoms with E-state index in [1.807, 2.05) is 0 Å². The van der Waals surface area contributed by atoms with Crippen molar-refractivity contribution in [2.45, 2.75) is 25.7 Å². The van der Waals surface area contributed by atoms with E-state index in [-0.39, 0.29) is 5.91 Å². The van der Waals surface area contributed by atoms with Gasteiger partial charge >= 0.3 is 0 Å². The summed E-state index contributed by atoms with van der Waals surface area (Å²) in [6, 6.07) is 3.39. The molecular weight excluding hydrogens is 310 g/mol. The minimum Gasteiger partial charge on any atom is -0.493 e. The number of carbonyl (C=O) groups is 1. The Morgan fingerprint density at radius 2 is 1.75 bits per heavy atom. The van der Waals surface area contributed by atoms with Crippen molar-refractivity contribution in [3.8, 4) is 17.2 Å². The van der Waals surface area contributed by atoms with Gasteiger partial charge in [0.1, 0.15) is 0 Å². The van der Waals surface area contributed by atoms with Crippen LogP contribution in [-0.2, 0) is 12.8 Å². The minimum absolute atomic E-state index is 0.247. The summed E-state index contributed by atoms with van der Waals surface area (Å²) in [4.78, 5) is 12.6. The number of rotatable bonds is 5. The van der Waals surface area contributed by atoms with E-state index in [4.69, 9.17) is 14.2 Å². The molecule has 7 nitrogen and oxygen atoms in total. The van der Waals surface area contributed by atoms with Crippen molar-refractivity contribution < 1.29 is 19.0 Å². The van der Waals surface area contributed by atoms with Gasteiger partial charge in [0.05, 0.1) is 21.3 Å². The van der Waals surface area contributed by atoms with Crippen molar-refractivity contribution in [3.05, 3.63) is 29.1 Å². The van der Waals surface area contributed by atoms with Crippen molar-refractivity contribution in [3.63, 3.8) is 0 Å². The summed E-state index contributed by atoms with van der Waals surface area (Å²) in [5.74, 6) is 1.20. The normalized spacial score (nSPS) is 13.1. The highest BCUT2D eigenvalue weighted by Crippen LogP contribution is 2.40. The summed E-state index contributed by atoms with van der Waals surface area (Å²) in [6.45, 7) is 0. The molecule has 0 spiro atoms. The van der Waals surface area contributed by atoms with E-state index < -0.39 is 0 Å². The van der Waals surface area contributed by atoms with E-state index in [0.717, 1.165) is 36.9 Å². The molecule has 1 amide bonds. The highest BCUT2D eigenvalue weighted by Gasteiger charge is 2.22. The first-order valence-electron chi connectivity index (χ1n) is 7.85. The van der Waals surface area contributed by atoms with E-state index in [1.165, 1.54) is 21.3 Å². The van der Waals surface area contributed by atoms with Crippen molar-refractivity contribution in [2.75, 3.05) is 26.6 Å². The van der Waals surface area contributed by atoms with Crippen LogP contribution in [-0.4, -0.2) is 37.4 Å². The number of ether oxygens (including phenoxy) is 3. The number of benzene rings is 1. The number of nitrogens with one attached hydrogen (secondary N) is 2. The molecule has 1 aliphatic rings. The lowest BCUT2D eigenvalue weighted by Gasteiger charge is -2.15. The molecule has 0 saturated carbocycles. The van der Waals surface area contributed by atoms with E-state index >= 15 is 0 Å². The predicted octanol–water partition coefficient (Wildman–Crippen LogP) is 2.57. The van der Waals surface area contributed by atoms with Gasteiger partial charge in [0.2, 0.25) is 5.75 Å². The zero-order valence-corrected chi connectivity index (χ0v) is 14.1. The van der Waals surface area contributed by atoms with Gasteiger partial charge in [0.25, 0.3) is 5.91 Å². The van der Waals surface area contributed by atoms with Gasteiger partial charge in [0, 0.05) is 29.1 Å². The monoisotopic (exact) mass is 331 g/mol. The van der Waals surface area contributed by atoms with Crippen LogP contribution >= 0.6 is 0 Å². The minimum atomic E-state index is -0.247. The van der Waals surface area contributed by atoms with Gasteiger partial charge in [0.15, 0.2) is 17.2 Å². The van der Waals surface area contributed by atoms with Gasteiger partial charge in [-0.15, -0.1) is 0 Å².